The van der Waals surface area contributed by atoms with E-state index >= 15 is 0 Å². The second kappa shape index (κ2) is 57.1. The van der Waals surface area contributed by atoms with Gasteiger partial charge in [-0.1, -0.05) is 206 Å². The van der Waals surface area contributed by atoms with Crippen molar-refractivity contribution < 1.29 is 52.2 Å². The van der Waals surface area contributed by atoms with Crippen molar-refractivity contribution in [3.63, 3.8) is 0 Å². The minimum absolute atomic E-state index is 0.0793. The predicted molar refractivity (Wildman–Crippen MR) is 316 cm³/mol. The van der Waals surface area contributed by atoms with Crippen molar-refractivity contribution in [3.05, 3.63) is 122 Å². The highest BCUT2D eigenvalue weighted by Crippen LogP contribution is 2.43. The number of aliphatic hydroxyl groups is 1. The van der Waals surface area contributed by atoms with E-state index in [1.807, 2.05) is 12.2 Å². The molecule has 0 aromatic carbocycles. The summed E-state index contributed by atoms with van der Waals surface area (Å²) in [7, 11) is -4.78. The van der Waals surface area contributed by atoms with Gasteiger partial charge in [0.1, 0.15) is 12.7 Å². The van der Waals surface area contributed by atoms with Gasteiger partial charge in [-0.3, -0.25) is 23.4 Å². The maximum absolute atomic E-state index is 12.9. The van der Waals surface area contributed by atoms with E-state index in [-0.39, 0.29) is 25.9 Å². The van der Waals surface area contributed by atoms with Crippen molar-refractivity contribution in [2.24, 2.45) is 0 Å². The Balaban J connectivity index is 4.86. The lowest BCUT2D eigenvalue weighted by molar-refractivity contribution is -0.161. The molecule has 3 unspecified atom stereocenters. The molecule has 0 rings (SSSR count). The van der Waals surface area contributed by atoms with Gasteiger partial charge in [-0.05, 0) is 122 Å². The van der Waals surface area contributed by atoms with Crippen molar-refractivity contribution in [2.45, 2.75) is 238 Å². The maximum Gasteiger partial charge on any atom is 0.472 e. The lowest BCUT2D eigenvalue weighted by atomic mass is 10.1. The summed E-state index contributed by atoms with van der Waals surface area (Å²) >= 11 is 0. The van der Waals surface area contributed by atoms with Gasteiger partial charge >= 0.3 is 25.7 Å². The molecule has 76 heavy (non-hydrogen) atoms. The molecule has 2 N–H and O–H groups in total. The van der Waals surface area contributed by atoms with E-state index < -0.39 is 57.8 Å². The first kappa shape index (κ1) is 71.9. The standard InChI is InChI=1S/C64H105O11P/c1-4-7-10-13-16-19-22-25-28-30-33-35-38-41-44-47-50-53-62(66)71-57-61(75-64(68)55-52-49-46-43-40-37-34-31-29-26-23-20-17-14-11-8-5-2)59-73-76(69,70)72-58-60(56-65)74-63(67)54-51-48-45-42-39-36-32-27-24-21-18-15-12-9-6-3/h8-9,11-12,17-18,20-21,25-29,32,34,37,39,42-43,46,60-61,65H,4-7,10,13-16,19,22-24,30-31,33,35-36,38,40-41,44-45,47-59H2,1-3H3,(H,69,70)/b11-8-,12-9-,20-17-,21-18-,28-25-,29-26-,32-27-,37-34-,42-39-,46-43-. The largest absolute Gasteiger partial charge is 0.472 e. The number of rotatable bonds is 53. The molecule has 0 aromatic heterocycles. The third kappa shape index (κ3) is 54.7. The topological polar surface area (TPSA) is 155 Å². The van der Waals surface area contributed by atoms with Crippen molar-refractivity contribution >= 4 is 25.7 Å². The molecular formula is C64H105O11P. The number of hydrogen-bond acceptors (Lipinski definition) is 10. The highest BCUT2D eigenvalue weighted by Gasteiger charge is 2.28. The van der Waals surface area contributed by atoms with Crippen LogP contribution in [0.25, 0.3) is 0 Å². The zero-order valence-corrected chi connectivity index (χ0v) is 48.6. The highest BCUT2D eigenvalue weighted by atomic mass is 31.2. The molecule has 0 amide bonds. The van der Waals surface area contributed by atoms with Gasteiger partial charge in [0, 0.05) is 19.3 Å². The van der Waals surface area contributed by atoms with Crippen LogP contribution in [0, 0.1) is 0 Å². The Morgan fingerprint density at radius 2 is 0.697 bits per heavy atom. The first-order chi connectivity index (χ1) is 37.2. The number of phosphoric acid groups is 1. The number of ether oxygens (including phenoxy) is 3. The van der Waals surface area contributed by atoms with E-state index in [0.717, 1.165) is 96.3 Å². The molecule has 432 valence electrons. The van der Waals surface area contributed by atoms with Crippen LogP contribution in [-0.4, -0.2) is 66.5 Å². The molecule has 11 nitrogen and oxygen atoms in total. The van der Waals surface area contributed by atoms with E-state index in [9.17, 15) is 28.9 Å². The fourth-order valence-electron chi connectivity index (χ4n) is 7.44. The summed E-state index contributed by atoms with van der Waals surface area (Å²) in [6.45, 7) is 4.29. The van der Waals surface area contributed by atoms with Crippen molar-refractivity contribution in [1.82, 2.24) is 0 Å². The molecule has 0 aliphatic rings. The van der Waals surface area contributed by atoms with Crippen LogP contribution in [-0.2, 0) is 42.2 Å². The van der Waals surface area contributed by atoms with Gasteiger partial charge < -0.3 is 24.2 Å². The highest BCUT2D eigenvalue weighted by molar-refractivity contribution is 7.47. The lowest BCUT2D eigenvalue weighted by Crippen LogP contribution is -2.30. The minimum Gasteiger partial charge on any atom is -0.462 e. The Hall–Kier alpha value is -4.12. The van der Waals surface area contributed by atoms with E-state index in [4.69, 9.17) is 23.3 Å². The summed E-state index contributed by atoms with van der Waals surface area (Å²) in [6.07, 6.45) is 70.2. The van der Waals surface area contributed by atoms with Gasteiger partial charge in [-0.25, -0.2) is 4.57 Å². The van der Waals surface area contributed by atoms with Crippen LogP contribution < -0.4 is 0 Å². The van der Waals surface area contributed by atoms with E-state index in [2.05, 4.69) is 130 Å². The number of phosphoric ester groups is 1. The molecule has 0 aromatic rings. The average Bonchev–Trinajstić information content (AvgIpc) is 3.41. The van der Waals surface area contributed by atoms with Crippen molar-refractivity contribution in [2.75, 3.05) is 26.4 Å². The van der Waals surface area contributed by atoms with Crippen LogP contribution in [0.3, 0.4) is 0 Å². The second-order valence-corrected chi connectivity index (χ2v) is 20.5. The Bertz CT molecular complexity index is 1740. The van der Waals surface area contributed by atoms with Crippen LogP contribution in [0.4, 0.5) is 0 Å². The normalized spacial score (nSPS) is 14.2. The molecule has 0 saturated heterocycles. The second-order valence-electron chi connectivity index (χ2n) is 19.0. The molecule has 0 aliphatic carbocycles. The smallest absolute Gasteiger partial charge is 0.462 e. The SMILES string of the molecule is CC/C=C\C/C=C\C/C=C\C/C=C\C/C=C\CCCC(=O)OC(COC(=O)CCCCCCCCC/C=C\CCCCCCCC)COP(=O)(O)OCC(CO)OC(=O)CCCC/C=C\C/C=C\C/C=C\C/C=C\CC. The van der Waals surface area contributed by atoms with Gasteiger partial charge in [0.25, 0.3) is 0 Å². The summed E-state index contributed by atoms with van der Waals surface area (Å²) in [6, 6.07) is 0. The summed E-state index contributed by atoms with van der Waals surface area (Å²) in [4.78, 5) is 48.6. The minimum atomic E-state index is -4.78. The monoisotopic (exact) mass is 1080 g/mol. The number of allylic oxidation sites excluding steroid dienone is 20. The molecule has 3 atom stereocenters. The fourth-order valence-corrected chi connectivity index (χ4v) is 8.22. The fraction of sp³-hybridized carbons (Fsp3) is 0.641. The Morgan fingerprint density at radius 3 is 1.14 bits per heavy atom. The van der Waals surface area contributed by atoms with Gasteiger partial charge in [-0.2, -0.15) is 0 Å². The van der Waals surface area contributed by atoms with Crippen molar-refractivity contribution in [1.29, 1.82) is 0 Å². The number of carbonyl (C=O) groups is 3. The number of esters is 3. The Labute approximate surface area is 462 Å². The van der Waals surface area contributed by atoms with Crippen LogP contribution in [0.5, 0.6) is 0 Å². The molecular weight excluding hydrogens is 976 g/mol. The maximum atomic E-state index is 12.9. The lowest BCUT2D eigenvalue weighted by Gasteiger charge is -2.21. The molecule has 0 aliphatic heterocycles. The summed E-state index contributed by atoms with van der Waals surface area (Å²) in [5.41, 5.74) is 0. The molecule has 0 heterocycles. The molecule has 0 fully saturated rings. The van der Waals surface area contributed by atoms with Crippen LogP contribution in [0.15, 0.2) is 122 Å². The van der Waals surface area contributed by atoms with E-state index in [1.165, 1.54) is 64.2 Å². The van der Waals surface area contributed by atoms with Crippen LogP contribution >= 0.6 is 7.82 Å². The third-order valence-corrected chi connectivity index (χ3v) is 12.8. The molecule has 0 bridgehead atoms. The number of hydrogen-bond donors (Lipinski definition) is 2. The van der Waals surface area contributed by atoms with Gasteiger partial charge in [0.2, 0.25) is 0 Å². The Kier molecular flexibility index (Phi) is 54.0. The summed E-state index contributed by atoms with van der Waals surface area (Å²) in [5, 5.41) is 9.81. The van der Waals surface area contributed by atoms with Crippen LogP contribution in [0.2, 0.25) is 0 Å². The van der Waals surface area contributed by atoms with Crippen molar-refractivity contribution in [3.8, 4) is 0 Å². The quantitative estimate of drug-likeness (QED) is 0.0197. The molecule has 12 heteroatoms. The van der Waals surface area contributed by atoms with Crippen LogP contribution in [0.1, 0.15) is 226 Å². The predicted octanol–water partition coefficient (Wildman–Crippen LogP) is 17.6. The Morgan fingerprint density at radius 1 is 0.382 bits per heavy atom. The number of unbranched alkanes of at least 4 members (excludes halogenated alkanes) is 16. The first-order valence-electron chi connectivity index (χ1n) is 29.4. The van der Waals surface area contributed by atoms with Gasteiger partial charge in [0.15, 0.2) is 6.10 Å². The summed E-state index contributed by atoms with van der Waals surface area (Å²) in [5.74, 6) is -1.59. The zero-order valence-electron chi connectivity index (χ0n) is 47.7. The third-order valence-electron chi connectivity index (χ3n) is 11.8. The molecule has 0 spiro atoms. The average molecular weight is 1080 g/mol. The summed E-state index contributed by atoms with van der Waals surface area (Å²) < 4.78 is 39.4. The first-order valence-corrected chi connectivity index (χ1v) is 30.9. The van der Waals surface area contributed by atoms with Gasteiger partial charge in [-0.15, -0.1) is 0 Å². The zero-order chi connectivity index (χ0) is 55.5. The molecule has 0 saturated carbocycles. The number of carbonyl (C=O) groups excluding carboxylic acids is 3. The van der Waals surface area contributed by atoms with E-state index in [0.29, 0.717) is 25.7 Å². The number of aliphatic hydroxyl groups excluding tert-OH is 1. The van der Waals surface area contributed by atoms with Gasteiger partial charge in [0.05, 0.1) is 19.8 Å². The van der Waals surface area contributed by atoms with E-state index in [1.54, 1.807) is 0 Å². The molecule has 0 radical (unpaired) electrons.